The van der Waals surface area contributed by atoms with Crippen molar-refractivity contribution in [3.63, 3.8) is 0 Å². The zero-order valence-electron chi connectivity index (χ0n) is 23.2. The molecule has 0 aliphatic rings. The smallest absolute Gasteiger partial charge is 0.169 e. The third-order valence-electron chi connectivity index (χ3n) is 5.81. The van der Waals surface area contributed by atoms with E-state index in [9.17, 15) is 0 Å². The standard InChI is InChI=1S/C30H46O7/c1-5-7-17-33-21-23-35-19-15-25-11-9-13-27(29(25)31-3)37-28-14-10-12-26(30(28)32-4)16-20-36-24-22-34-18-8-6-2/h9-14H,5-8,15-24H2,1-4H3. The predicted molar refractivity (Wildman–Crippen MR) is 147 cm³/mol. The Hall–Kier alpha value is -2.32. The van der Waals surface area contributed by atoms with Crippen LogP contribution in [0.3, 0.4) is 0 Å². The molecule has 0 aliphatic heterocycles. The van der Waals surface area contributed by atoms with Gasteiger partial charge in [-0.05, 0) is 37.8 Å². The van der Waals surface area contributed by atoms with Gasteiger partial charge in [0.25, 0.3) is 0 Å². The minimum atomic E-state index is 0.583. The molecule has 37 heavy (non-hydrogen) atoms. The topological polar surface area (TPSA) is 64.6 Å². The predicted octanol–water partition coefficient (Wildman–Crippen LogP) is 6.25. The van der Waals surface area contributed by atoms with E-state index in [4.69, 9.17) is 33.2 Å². The highest BCUT2D eigenvalue weighted by molar-refractivity contribution is 5.53. The number of para-hydroxylation sites is 2. The van der Waals surface area contributed by atoms with Crippen LogP contribution in [0.5, 0.6) is 23.0 Å². The molecule has 0 saturated carbocycles. The molecular weight excluding hydrogens is 472 g/mol. The monoisotopic (exact) mass is 518 g/mol. The molecule has 0 aliphatic carbocycles. The molecule has 0 amide bonds. The molecule has 208 valence electrons. The fourth-order valence-corrected chi connectivity index (χ4v) is 3.76. The Kier molecular flexibility index (Phi) is 16.5. The van der Waals surface area contributed by atoms with Crippen molar-refractivity contribution in [2.24, 2.45) is 0 Å². The summed E-state index contributed by atoms with van der Waals surface area (Å²) in [6.45, 7) is 9.46. The first-order chi connectivity index (χ1) is 18.2. The Morgan fingerprint density at radius 2 is 0.919 bits per heavy atom. The highest BCUT2D eigenvalue weighted by Gasteiger charge is 2.16. The van der Waals surface area contributed by atoms with Crippen LogP contribution in [0.25, 0.3) is 0 Å². The van der Waals surface area contributed by atoms with E-state index in [1.54, 1.807) is 14.2 Å². The van der Waals surface area contributed by atoms with Crippen molar-refractivity contribution in [3.8, 4) is 23.0 Å². The van der Waals surface area contributed by atoms with Crippen molar-refractivity contribution < 1.29 is 33.2 Å². The Morgan fingerprint density at radius 3 is 1.30 bits per heavy atom. The normalized spacial score (nSPS) is 11.0. The molecule has 0 N–H and O–H groups in total. The van der Waals surface area contributed by atoms with Gasteiger partial charge in [-0.25, -0.2) is 0 Å². The van der Waals surface area contributed by atoms with Gasteiger partial charge in [0.15, 0.2) is 23.0 Å². The van der Waals surface area contributed by atoms with E-state index in [0.717, 1.165) is 50.0 Å². The molecule has 2 aromatic carbocycles. The van der Waals surface area contributed by atoms with Gasteiger partial charge in [0.05, 0.1) is 53.9 Å². The highest BCUT2D eigenvalue weighted by atomic mass is 16.5. The number of hydrogen-bond acceptors (Lipinski definition) is 7. The fraction of sp³-hybridized carbons (Fsp3) is 0.600. The van der Waals surface area contributed by atoms with Gasteiger partial charge in [-0.3, -0.25) is 0 Å². The first-order valence-electron chi connectivity index (χ1n) is 13.6. The summed E-state index contributed by atoms with van der Waals surface area (Å²) in [6.07, 6.45) is 5.87. The van der Waals surface area contributed by atoms with E-state index < -0.39 is 0 Å². The average molecular weight is 519 g/mol. The summed E-state index contributed by atoms with van der Waals surface area (Å²) in [7, 11) is 3.32. The second-order valence-corrected chi connectivity index (χ2v) is 8.66. The van der Waals surface area contributed by atoms with Crippen LogP contribution in [0.1, 0.15) is 50.7 Å². The highest BCUT2D eigenvalue weighted by Crippen LogP contribution is 2.40. The van der Waals surface area contributed by atoms with E-state index in [2.05, 4.69) is 13.8 Å². The second kappa shape index (κ2) is 19.7. The number of unbranched alkanes of at least 4 members (excludes halogenated alkanes) is 2. The molecule has 0 heterocycles. The second-order valence-electron chi connectivity index (χ2n) is 8.66. The van der Waals surface area contributed by atoms with Crippen LogP contribution in [0.15, 0.2) is 36.4 Å². The summed E-state index contributed by atoms with van der Waals surface area (Å²) in [5, 5.41) is 0. The van der Waals surface area contributed by atoms with Crippen LogP contribution in [0.4, 0.5) is 0 Å². The molecule has 0 unspecified atom stereocenters. The lowest BCUT2D eigenvalue weighted by atomic mass is 10.1. The van der Waals surface area contributed by atoms with Gasteiger partial charge in [0, 0.05) is 24.3 Å². The minimum absolute atomic E-state index is 0.583. The molecule has 0 saturated heterocycles. The van der Waals surface area contributed by atoms with Crippen molar-refractivity contribution in [3.05, 3.63) is 47.5 Å². The fourth-order valence-electron chi connectivity index (χ4n) is 3.76. The van der Waals surface area contributed by atoms with Crippen LogP contribution in [0, 0.1) is 0 Å². The van der Waals surface area contributed by atoms with Crippen LogP contribution in [-0.2, 0) is 31.8 Å². The van der Waals surface area contributed by atoms with Crippen molar-refractivity contribution in [2.75, 3.05) is 67.1 Å². The van der Waals surface area contributed by atoms with Gasteiger partial charge in [0.1, 0.15) is 0 Å². The Labute approximate surface area is 223 Å². The maximum atomic E-state index is 6.30. The minimum Gasteiger partial charge on any atom is -0.493 e. The van der Waals surface area contributed by atoms with Crippen molar-refractivity contribution in [1.29, 1.82) is 0 Å². The largest absolute Gasteiger partial charge is 0.493 e. The first kappa shape index (κ1) is 30.9. The molecule has 7 nitrogen and oxygen atoms in total. The molecule has 0 fully saturated rings. The molecular formula is C30H46O7. The molecule has 2 aromatic rings. The lowest BCUT2D eigenvalue weighted by Crippen LogP contribution is -2.08. The van der Waals surface area contributed by atoms with Crippen molar-refractivity contribution in [2.45, 2.75) is 52.4 Å². The Balaban J connectivity index is 1.91. The van der Waals surface area contributed by atoms with Gasteiger partial charge >= 0.3 is 0 Å². The number of rotatable bonds is 22. The first-order valence-corrected chi connectivity index (χ1v) is 13.6. The Bertz CT molecular complexity index is 786. The molecule has 0 radical (unpaired) electrons. The van der Waals surface area contributed by atoms with Crippen LogP contribution < -0.4 is 14.2 Å². The summed E-state index contributed by atoms with van der Waals surface area (Å²) >= 11 is 0. The molecule has 0 aromatic heterocycles. The number of ether oxygens (including phenoxy) is 7. The number of hydrogen-bond donors (Lipinski definition) is 0. The zero-order valence-corrected chi connectivity index (χ0v) is 23.2. The summed E-state index contributed by atoms with van der Waals surface area (Å²) in [5.74, 6) is 2.67. The number of methoxy groups -OCH3 is 2. The molecule has 0 spiro atoms. The van der Waals surface area contributed by atoms with Crippen LogP contribution in [0.2, 0.25) is 0 Å². The molecule has 2 rings (SSSR count). The van der Waals surface area contributed by atoms with Gasteiger partial charge in [-0.15, -0.1) is 0 Å². The summed E-state index contributed by atoms with van der Waals surface area (Å²) in [4.78, 5) is 0. The third-order valence-corrected chi connectivity index (χ3v) is 5.81. The summed E-state index contributed by atoms with van der Waals surface area (Å²) in [5.41, 5.74) is 2.05. The van der Waals surface area contributed by atoms with E-state index in [0.29, 0.717) is 75.5 Å². The summed E-state index contributed by atoms with van der Waals surface area (Å²) in [6, 6.07) is 11.8. The van der Waals surface area contributed by atoms with Crippen molar-refractivity contribution >= 4 is 0 Å². The number of benzene rings is 2. The van der Waals surface area contributed by atoms with E-state index in [-0.39, 0.29) is 0 Å². The van der Waals surface area contributed by atoms with E-state index in [1.165, 1.54) is 0 Å². The zero-order chi connectivity index (χ0) is 26.6. The molecule has 0 atom stereocenters. The average Bonchev–Trinajstić information content (AvgIpc) is 2.92. The molecule has 7 heteroatoms. The quantitative estimate of drug-likeness (QED) is 0.171. The van der Waals surface area contributed by atoms with E-state index in [1.807, 2.05) is 36.4 Å². The maximum absolute atomic E-state index is 6.30. The summed E-state index contributed by atoms with van der Waals surface area (Å²) < 4.78 is 40.3. The van der Waals surface area contributed by atoms with Gasteiger partial charge in [0.2, 0.25) is 0 Å². The van der Waals surface area contributed by atoms with Gasteiger partial charge in [-0.1, -0.05) is 51.0 Å². The Morgan fingerprint density at radius 1 is 0.514 bits per heavy atom. The van der Waals surface area contributed by atoms with Crippen molar-refractivity contribution in [1.82, 2.24) is 0 Å². The SMILES string of the molecule is CCCCOCCOCCc1cccc(Oc2cccc(CCOCCOCCCC)c2OC)c1OC. The maximum Gasteiger partial charge on any atom is 0.169 e. The lowest BCUT2D eigenvalue weighted by Gasteiger charge is -2.17. The van der Waals surface area contributed by atoms with Crippen LogP contribution >= 0.6 is 0 Å². The van der Waals surface area contributed by atoms with E-state index >= 15 is 0 Å². The molecule has 0 bridgehead atoms. The lowest BCUT2D eigenvalue weighted by molar-refractivity contribution is 0.0477. The van der Waals surface area contributed by atoms with Crippen LogP contribution in [-0.4, -0.2) is 67.1 Å². The third kappa shape index (κ3) is 11.7. The van der Waals surface area contributed by atoms with Gasteiger partial charge in [-0.2, -0.15) is 0 Å². The van der Waals surface area contributed by atoms with Gasteiger partial charge < -0.3 is 33.2 Å².